The largest absolute Gasteiger partial charge is 0.482 e. The lowest BCUT2D eigenvalue weighted by atomic mass is 10.1. The minimum Gasteiger partial charge on any atom is -0.482 e. The van der Waals surface area contributed by atoms with E-state index < -0.39 is 18.0 Å². The lowest BCUT2D eigenvalue weighted by Gasteiger charge is -2.15. The summed E-state index contributed by atoms with van der Waals surface area (Å²) in [4.78, 5) is 35.8. The third kappa shape index (κ3) is 5.67. The summed E-state index contributed by atoms with van der Waals surface area (Å²) in [6.45, 7) is 4.58. The van der Waals surface area contributed by atoms with E-state index in [1.165, 1.54) is 13.8 Å². The molecule has 1 N–H and O–H groups in total. The van der Waals surface area contributed by atoms with Gasteiger partial charge in [-0.3, -0.25) is 9.59 Å². The number of hydrogen-bond donors (Lipinski definition) is 1. The van der Waals surface area contributed by atoms with E-state index in [2.05, 4.69) is 5.32 Å². The standard InChI is InChI=1S/C21H23NO5/c1-4-16-9-5-8-12-19(16)26-13-20(24)27-15(3)21(25)22-18-11-7-6-10-17(18)14(2)23/h5-12,15H,4,13H2,1-3H3,(H,22,25). The molecule has 6 heteroatoms. The van der Waals surface area contributed by atoms with Gasteiger partial charge in [-0.2, -0.15) is 0 Å². The van der Waals surface area contributed by atoms with Gasteiger partial charge in [0.05, 0.1) is 5.69 Å². The van der Waals surface area contributed by atoms with E-state index in [1.54, 1.807) is 30.3 Å². The first-order valence-electron chi connectivity index (χ1n) is 8.73. The fraction of sp³-hybridized carbons (Fsp3) is 0.286. The van der Waals surface area contributed by atoms with Gasteiger partial charge in [-0.15, -0.1) is 0 Å². The molecule has 142 valence electrons. The predicted octanol–water partition coefficient (Wildman–Crippen LogP) is 3.40. The Kier molecular flexibility index (Phi) is 7.11. The number of Topliss-reactive ketones (excluding diaryl/α,β-unsaturated/α-hetero) is 1. The monoisotopic (exact) mass is 369 g/mol. The van der Waals surface area contributed by atoms with Crippen LogP contribution in [0.25, 0.3) is 0 Å². The zero-order chi connectivity index (χ0) is 19.8. The van der Waals surface area contributed by atoms with Crippen molar-refractivity contribution in [3.8, 4) is 5.75 Å². The van der Waals surface area contributed by atoms with Crippen LogP contribution >= 0.6 is 0 Å². The number of para-hydroxylation sites is 2. The van der Waals surface area contributed by atoms with Crippen LogP contribution in [0.5, 0.6) is 5.75 Å². The van der Waals surface area contributed by atoms with Crippen LogP contribution in [0.4, 0.5) is 5.69 Å². The van der Waals surface area contributed by atoms with Gasteiger partial charge in [0, 0.05) is 5.56 Å². The van der Waals surface area contributed by atoms with Crippen molar-refractivity contribution in [2.24, 2.45) is 0 Å². The van der Waals surface area contributed by atoms with Gasteiger partial charge in [-0.1, -0.05) is 37.3 Å². The van der Waals surface area contributed by atoms with Gasteiger partial charge in [0.2, 0.25) is 0 Å². The fourth-order valence-electron chi connectivity index (χ4n) is 2.49. The predicted molar refractivity (Wildman–Crippen MR) is 102 cm³/mol. The second kappa shape index (κ2) is 9.52. The smallest absolute Gasteiger partial charge is 0.344 e. The number of nitrogens with one attached hydrogen (secondary N) is 1. The van der Waals surface area contributed by atoms with E-state index in [0.29, 0.717) is 17.0 Å². The number of carbonyl (C=O) groups is 3. The summed E-state index contributed by atoms with van der Waals surface area (Å²) < 4.78 is 10.6. The maximum Gasteiger partial charge on any atom is 0.344 e. The summed E-state index contributed by atoms with van der Waals surface area (Å²) in [6, 6.07) is 14.1. The van der Waals surface area contributed by atoms with E-state index in [1.807, 2.05) is 25.1 Å². The first-order chi connectivity index (χ1) is 12.9. The molecule has 0 spiro atoms. The second-order valence-electron chi connectivity index (χ2n) is 5.97. The fourth-order valence-corrected chi connectivity index (χ4v) is 2.49. The summed E-state index contributed by atoms with van der Waals surface area (Å²) in [6.07, 6.45) is -0.248. The van der Waals surface area contributed by atoms with Crippen LogP contribution in [0.15, 0.2) is 48.5 Å². The number of ether oxygens (including phenoxy) is 2. The highest BCUT2D eigenvalue weighted by atomic mass is 16.6. The molecule has 0 aliphatic rings. The summed E-state index contributed by atoms with van der Waals surface area (Å²) in [5, 5.41) is 2.61. The van der Waals surface area contributed by atoms with Crippen molar-refractivity contribution in [1.82, 2.24) is 0 Å². The topological polar surface area (TPSA) is 81.7 Å². The molecule has 0 saturated carbocycles. The Labute approximate surface area is 158 Å². The first-order valence-corrected chi connectivity index (χ1v) is 8.73. The lowest BCUT2D eigenvalue weighted by molar-refractivity contribution is -0.155. The summed E-state index contributed by atoms with van der Waals surface area (Å²) in [5.41, 5.74) is 1.76. The zero-order valence-electron chi connectivity index (χ0n) is 15.7. The molecule has 2 rings (SSSR count). The highest BCUT2D eigenvalue weighted by molar-refractivity contribution is 6.04. The Balaban J connectivity index is 1.90. The van der Waals surface area contributed by atoms with Gasteiger partial charge < -0.3 is 14.8 Å². The van der Waals surface area contributed by atoms with E-state index in [0.717, 1.165) is 12.0 Å². The molecule has 1 atom stereocenters. The molecule has 0 aromatic heterocycles. The van der Waals surface area contributed by atoms with Crippen molar-refractivity contribution >= 4 is 23.3 Å². The lowest BCUT2D eigenvalue weighted by Crippen LogP contribution is -2.32. The molecule has 0 radical (unpaired) electrons. The average molecular weight is 369 g/mol. The first kappa shape index (κ1) is 20.2. The number of aryl methyl sites for hydroxylation is 1. The minimum atomic E-state index is -1.03. The van der Waals surface area contributed by atoms with Crippen molar-refractivity contribution in [3.05, 3.63) is 59.7 Å². The summed E-state index contributed by atoms with van der Waals surface area (Å²) in [5.74, 6) is -0.725. The Morgan fingerprint density at radius 2 is 1.70 bits per heavy atom. The number of esters is 1. The van der Waals surface area contributed by atoms with Gasteiger partial charge in [0.1, 0.15) is 5.75 Å². The van der Waals surface area contributed by atoms with Crippen LogP contribution in [0.1, 0.15) is 36.7 Å². The van der Waals surface area contributed by atoms with Crippen molar-refractivity contribution in [1.29, 1.82) is 0 Å². The summed E-state index contributed by atoms with van der Waals surface area (Å²) in [7, 11) is 0. The number of amides is 1. The molecule has 2 aromatic rings. The molecule has 6 nitrogen and oxygen atoms in total. The van der Waals surface area contributed by atoms with Crippen molar-refractivity contribution in [2.45, 2.75) is 33.3 Å². The highest BCUT2D eigenvalue weighted by Crippen LogP contribution is 2.18. The Hall–Kier alpha value is -3.15. The number of rotatable bonds is 8. The van der Waals surface area contributed by atoms with Crippen molar-refractivity contribution in [2.75, 3.05) is 11.9 Å². The molecule has 0 aliphatic carbocycles. The zero-order valence-corrected chi connectivity index (χ0v) is 15.7. The van der Waals surface area contributed by atoms with Crippen LogP contribution in [0, 0.1) is 0 Å². The normalized spacial score (nSPS) is 11.4. The molecule has 1 amide bonds. The van der Waals surface area contributed by atoms with Gasteiger partial charge in [0.15, 0.2) is 18.5 Å². The minimum absolute atomic E-state index is 0.168. The highest BCUT2D eigenvalue weighted by Gasteiger charge is 2.20. The van der Waals surface area contributed by atoms with E-state index in [4.69, 9.17) is 9.47 Å². The average Bonchev–Trinajstić information content (AvgIpc) is 2.66. The number of carbonyl (C=O) groups excluding carboxylic acids is 3. The number of benzene rings is 2. The van der Waals surface area contributed by atoms with Crippen molar-refractivity contribution < 1.29 is 23.9 Å². The molecule has 1 unspecified atom stereocenters. The molecule has 0 fully saturated rings. The SMILES string of the molecule is CCc1ccccc1OCC(=O)OC(C)C(=O)Nc1ccccc1C(C)=O. The Bertz CT molecular complexity index is 831. The van der Waals surface area contributed by atoms with Gasteiger partial charge in [-0.25, -0.2) is 4.79 Å². The van der Waals surface area contributed by atoms with Crippen LogP contribution in [0.2, 0.25) is 0 Å². The van der Waals surface area contributed by atoms with Gasteiger partial charge in [-0.05, 0) is 44.0 Å². The van der Waals surface area contributed by atoms with E-state index in [-0.39, 0.29) is 12.4 Å². The molecular formula is C21H23NO5. The Morgan fingerprint density at radius 3 is 2.41 bits per heavy atom. The van der Waals surface area contributed by atoms with E-state index in [9.17, 15) is 14.4 Å². The number of anilines is 1. The molecule has 27 heavy (non-hydrogen) atoms. The van der Waals surface area contributed by atoms with E-state index >= 15 is 0 Å². The third-order valence-electron chi connectivity index (χ3n) is 3.94. The molecule has 2 aromatic carbocycles. The van der Waals surface area contributed by atoms with Crippen LogP contribution < -0.4 is 10.1 Å². The van der Waals surface area contributed by atoms with Crippen LogP contribution in [0.3, 0.4) is 0 Å². The number of ketones is 1. The maximum atomic E-state index is 12.3. The number of hydrogen-bond acceptors (Lipinski definition) is 5. The molecule has 0 aliphatic heterocycles. The van der Waals surface area contributed by atoms with Gasteiger partial charge in [0.25, 0.3) is 5.91 Å². The van der Waals surface area contributed by atoms with Crippen LogP contribution in [-0.4, -0.2) is 30.4 Å². The summed E-state index contributed by atoms with van der Waals surface area (Å²) >= 11 is 0. The molecule has 0 saturated heterocycles. The van der Waals surface area contributed by atoms with Crippen molar-refractivity contribution in [3.63, 3.8) is 0 Å². The van der Waals surface area contributed by atoms with Crippen LogP contribution in [-0.2, 0) is 20.7 Å². The molecule has 0 heterocycles. The van der Waals surface area contributed by atoms with Gasteiger partial charge >= 0.3 is 5.97 Å². The quantitative estimate of drug-likeness (QED) is 0.570. The Morgan fingerprint density at radius 1 is 1.04 bits per heavy atom. The maximum absolute atomic E-state index is 12.3. The second-order valence-corrected chi connectivity index (χ2v) is 5.97. The third-order valence-corrected chi connectivity index (χ3v) is 3.94. The molecular weight excluding hydrogens is 346 g/mol. The molecule has 0 bridgehead atoms.